The Bertz CT molecular complexity index is 782. The molecule has 1 aliphatic heterocycles. The van der Waals surface area contributed by atoms with Crippen LogP contribution < -0.4 is 10.6 Å². The summed E-state index contributed by atoms with van der Waals surface area (Å²) in [7, 11) is 0. The summed E-state index contributed by atoms with van der Waals surface area (Å²) < 4.78 is 0. The zero-order valence-electron chi connectivity index (χ0n) is 13.2. The molecule has 0 bridgehead atoms. The van der Waals surface area contributed by atoms with Crippen LogP contribution in [-0.2, 0) is 16.0 Å². The number of amides is 2. The van der Waals surface area contributed by atoms with Gasteiger partial charge in [0.1, 0.15) is 0 Å². The maximum atomic E-state index is 12.2. The van der Waals surface area contributed by atoms with Gasteiger partial charge in [-0.1, -0.05) is 18.2 Å². The van der Waals surface area contributed by atoms with E-state index in [1.54, 1.807) is 0 Å². The summed E-state index contributed by atoms with van der Waals surface area (Å²) in [6.45, 7) is 0. The summed E-state index contributed by atoms with van der Waals surface area (Å²) in [5.74, 6) is 0.381. The molecular formula is C18H19N3O2S. The van der Waals surface area contributed by atoms with Gasteiger partial charge < -0.3 is 10.6 Å². The first-order chi connectivity index (χ1) is 11.7. The summed E-state index contributed by atoms with van der Waals surface area (Å²) in [5, 5.41) is 8.47. The van der Waals surface area contributed by atoms with E-state index in [1.165, 1.54) is 24.2 Å². The fourth-order valence-corrected chi connectivity index (χ4v) is 3.85. The monoisotopic (exact) mass is 341 g/mol. The average Bonchev–Trinajstić information content (AvgIpc) is 3.33. The number of fused-ring (bicyclic) bond motifs is 1. The number of carbonyl (C=O) groups is 2. The van der Waals surface area contributed by atoms with Crippen molar-refractivity contribution < 1.29 is 9.59 Å². The quantitative estimate of drug-likeness (QED) is 0.873. The molecule has 124 valence electrons. The van der Waals surface area contributed by atoms with Gasteiger partial charge in [-0.2, -0.15) is 0 Å². The Morgan fingerprint density at radius 2 is 2.17 bits per heavy atom. The molecule has 2 aromatic rings. The predicted molar refractivity (Wildman–Crippen MR) is 94.2 cm³/mol. The molecule has 1 saturated carbocycles. The molecule has 2 aliphatic rings. The SMILES string of the molecule is O=C(CC[C@@H]1Cc2ccccc2NC1=O)Nc1nc(C2CC2)cs1. The van der Waals surface area contributed by atoms with Gasteiger partial charge in [0.15, 0.2) is 5.13 Å². The Morgan fingerprint density at radius 3 is 3.00 bits per heavy atom. The first-order valence-electron chi connectivity index (χ1n) is 8.33. The van der Waals surface area contributed by atoms with Crippen LogP contribution in [0.25, 0.3) is 0 Å². The van der Waals surface area contributed by atoms with Gasteiger partial charge in [0.2, 0.25) is 11.8 Å². The second kappa shape index (κ2) is 6.36. The van der Waals surface area contributed by atoms with Crippen LogP contribution in [0, 0.1) is 5.92 Å². The predicted octanol–water partition coefficient (Wildman–Crippen LogP) is 3.55. The number of hydrogen-bond acceptors (Lipinski definition) is 4. The molecule has 5 nitrogen and oxygen atoms in total. The van der Waals surface area contributed by atoms with E-state index < -0.39 is 0 Å². The molecule has 6 heteroatoms. The zero-order chi connectivity index (χ0) is 16.5. The molecule has 1 aromatic carbocycles. The molecule has 0 radical (unpaired) electrons. The van der Waals surface area contributed by atoms with Crippen molar-refractivity contribution in [3.05, 3.63) is 40.9 Å². The first kappa shape index (κ1) is 15.3. The summed E-state index contributed by atoms with van der Waals surface area (Å²) in [6.07, 6.45) is 3.98. The Kier molecular flexibility index (Phi) is 4.06. The molecule has 1 aromatic heterocycles. The molecular weight excluding hydrogens is 322 g/mol. The van der Waals surface area contributed by atoms with Gasteiger partial charge in [-0.05, 0) is 37.3 Å². The van der Waals surface area contributed by atoms with Crippen molar-refractivity contribution in [1.82, 2.24) is 4.98 Å². The van der Waals surface area contributed by atoms with Crippen LogP contribution in [0.2, 0.25) is 0 Å². The van der Waals surface area contributed by atoms with Gasteiger partial charge in [-0.3, -0.25) is 9.59 Å². The van der Waals surface area contributed by atoms with E-state index in [9.17, 15) is 9.59 Å². The van der Waals surface area contributed by atoms with E-state index in [-0.39, 0.29) is 17.7 Å². The molecule has 2 heterocycles. The molecule has 4 rings (SSSR count). The van der Waals surface area contributed by atoms with Crippen molar-refractivity contribution in [2.45, 2.75) is 38.0 Å². The molecule has 0 unspecified atom stereocenters. The van der Waals surface area contributed by atoms with Gasteiger partial charge in [0.25, 0.3) is 0 Å². The van der Waals surface area contributed by atoms with Gasteiger partial charge >= 0.3 is 0 Å². The lowest BCUT2D eigenvalue weighted by Gasteiger charge is -2.24. The van der Waals surface area contributed by atoms with Gasteiger partial charge in [0.05, 0.1) is 5.69 Å². The van der Waals surface area contributed by atoms with E-state index in [0.29, 0.717) is 30.3 Å². The van der Waals surface area contributed by atoms with Crippen molar-refractivity contribution in [1.29, 1.82) is 0 Å². The molecule has 2 N–H and O–H groups in total. The van der Waals surface area contributed by atoms with Crippen molar-refractivity contribution in [3.8, 4) is 0 Å². The lowest BCUT2D eigenvalue weighted by Crippen LogP contribution is -2.30. The number of para-hydroxylation sites is 1. The number of nitrogens with zero attached hydrogens (tertiary/aromatic N) is 1. The Hall–Kier alpha value is -2.21. The maximum Gasteiger partial charge on any atom is 0.227 e. The van der Waals surface area contributed by atoms with Gasteiger partial charge in [-0.15, -0.1) is 11.3 Å². The smallest absolute Gasteiger partial charge is 0.227 e. The maximum absolute atomic E-state index is 12.2. The van der Waals surface area contributed by atoms with Crippen LogP contribution in [0.4, 0.5) is 10.8 Å². The minimum Gasteiger partial charge on any atom is -0.326 e. The van der Waals surface area contributed by atoms with E-state index in [4.69, 9.17) is 0 Å². The number of rotatable bonds is 5. The fraction of sp³-hybridized carbons (Fsp3) is 0.389. The third-order valence-electron chi connectivity index (χ3n) is 4.60. The Morgan fingerprint density at radius 1 is 1.33 bits per heavy atom. The lowest BCUT2D eigenvalue weighted by atomic mass is 9.89. The summed E-state index contributed by atoms with van der Waals surface area (Å²) in [4.78, 5) is 28.7. The van der Waals surface area contributed by atoms with Crippen LogP contribution >= 0.6 is 11.3 Å². The highest BCUT2D eigenvalue weighted by Gasteiger charge is 2.27. The molecule has 1 aliphatic carbocycles. The standard InChI is InChI=1S/C18H19N3O2S/c22-16(21-18-20-15(10-24-18)11-5-6-11)8-7-13-9-12-3-1-2-4-14(12)19-17(13)23/h1-4,10-11,13H,5-9H2,(H,19,23)(H,20,21,22)/t13-/m1/s1. The average molecular weight is 341 g/mol. The molecule has 2 amide bonds. The van der Waals surface area contributed by atoms with Crippen LogP contribution in [0.3, 0.4) is 0 Å². The lowest BCUT2D eigenvalue weighted by molar-refractivity contribution is -0.121. The molecule has 0 saturated heterocycles. The highest BCUT2D eigenvalue weighted by molar-refractivity contribution is 7.13. The number of hydrogen-bond donors (Lipinski definition) is 2. The van der Waals surface area contributed by atoms with Crippen molar-refractivity contribution in [3.63, 3.8) is 0 Å². The fourth-order valence-electron chi connectivity index (χ4n) is 3.04. The third-order valence-corrected chi connectivity index (χ3v) is 5.37. The Labute approximate surface area is 144 Å². The van der Waals surface area contributed by atoms with Gasteiger partial charge in [0, 0.05) is 29.3 Å². The van der Waals surface area contributed by atoms with Gasteiger partial charge in [-0.25, -0.2) is 4.98 Å². The zero-order valence-corrected chi connectivity index (χ0v) is 14.1. The summed E-state index contributed by atoms with van der Waals surface area (Å²) >= 11 is 1.48. The third kappa shape index (κ3) is 3.33. The number of aromatic nitrogens is 1. The highest BCUT2D eigenvalue weighted by atomic mass is 32.1. The van der Waals surface area contributed by atoms with E-state index in [2.05, 4.69) is 15.6 Å². The van der Waals surface area contributed by atoms with E-state index in [1.807, 2.05) is 29.6 Å². The van der Waals surface area contributed by atoms with Crippen LogP contribution in [0.15, 0.2) is 29.6 Å². The minimum atomic E-state index is -0.149. The van der Waals surface area contributed by atoms with Crippen LogP contribution in [-0.4, -0.2) is 16.8 Å². The molecule has 0 spiro atoms. The van der Waals surface area contributed by atoms with Crippen molar-refractivity contribution in [2.24, 2.45) is 5.92 Å². The molecule has 1 fully saturated rings. The number of anilines is 2. The normalized spacial score (nSPS) is 19.5. The molecule has 24 heavy (non-hydrogen) atoms. The largest absolute Gasteiger partial charge is 0.326 e. The Balaban J connectivity index is 1.31. The number of nitrogens with one attached hydrogen (secondary N) is 2. The van der Waals surface area contributed by atoms with E-state index in [0.717, 1.165) is 16.9 Å². The number of thiazole rings is 1. The second-order valence-electron chi connectivity index (χ2n) is 6.49. The first-order valence-corrected chi connectivity index (χ1v) is 9.21. The molecule has 1 atom stereocenters. The van der Waals surface area contributed by atoms with Crippen molar-refractivity contribution in [2.75, 3.05) is 10.6 Å². The highest BCUT2D eigenvalue weighted by Crippen LogP contribution is 2.40. The topological polar surface area (TPSA) is 71.1 Å². The summed E-state index contributed by atoms with van der Waals surface area (Å²) in [5.41, 5.74) is 3.12. The number of benzene rings is 1. The van der Waals surface area contributed by atoms with Crippen molar-refractivity contribution >= 4 is 34.0 Å². The number of carbonyl (C=O) groups excluding carboxylic acids is 2. The minimum absolute atomic E-state index is 0.00627. The van der Waals surface area contributed by atoms with Crippen LogP contribution in [0.5, 0.6) is 0 Å². The summed E-state index contributed by atoms with van der Waals surface area (Å²) in [6, 6.07) is 7.82. The van der Waals surface area contributed by atoms with E-state index >= 15 is 0 Å². The van der Waals surface area contributed by atoms with Crippen LogP contribution in [0.1, 0.15) is 42.9 Å². The second-order valence-corrected chi connectivity index (χ2v) is 7.34.